The van der Waals surface area contributed by atoms with Crippen LogP contribution in [-0.4, -0.2) is 67.3 Å². The van der Waals surface area contributed by atoms with E-state index in [1.165, 1.54) is 12.8 Å². The minimum atomic E-state index is 0.304. The number of ether oxygens (including phenoxy) is 2. The van der Waals surface area contributed by atoms with Crippen molar-refractivity contribution in [2.75, 3.05) is 45.2 Å². The zero-order valence-corrected chi connectivity index (χ0v) is 18.5. The van der Waals surface area contributed by atoms with Crippen LogP contribution in [0.1, 0.15) is 31.2 Å². The molecular formula is C23H32N6O2. The SMILES string of the molecule is CN=C(NCc1ccc(OC)cc1OC1CCCC1)N1CCN(c2ncccn2)CC1. The van der Waals surface area contributed by atoms with Crippen LogP contribution in [0.3, 0.4) is 0 Å². The molecule has 0 spiro atoms. The van der Waals surface area contributed by atoms with Crippen molar-refractivity contribution in [3.63, 3.8) is 0 Å². The molecule has 0 amide bonds. The number of nitrogens with one attached hydrogen (secondary N) is 1. The summed E-state index contributed by atoms with van der Waals surface area (Å²) in [5.74, 6) is 3.41. The van der Waals surface area contributed by atoms with Crippen molar-refractivity contribution in [3.05, 3.63) is 42.2 Å². The van der Waals surface area contributed by atoms with Gasteiger partial charge in [0, 0.05) is 63.8 Å². The highest BCUT2D eigenvalue weighted by Crippen LogP contribution is 2.30. The van der Waals surface area contributed by atoms with E-state index in [9.17, 15) is 0 Å². The van der Waals surface area contributed by atoms with Crippen molar-refractivity contribution < 1.29 is 9.47 Å². The van der Waals surface area contributed by atoms with Crippen molar-refractivity contribution in [1.29, 1.82) is 0 Å². The number of guanidine groups is 1. The largest absolute Gasteiger partial charge is 0.497 e. The molecule has 4 rings (SSSR count). The number of aliphatic imine (C=N–C) groups is 1. The van der Waals surface area contributed by atoms with Crippen molar-refractivity contribution in [2.45, 2.75) is 38.3 Å². The zero-order chi connectivity index (χ0) is 21.5. The van der Waals surface area contributed by atoms with Crippen LogP contribution in [-0.2, 0) is 6.54 Å². The Morgan fingerprint density at radius 2 is 1.87 bits per heavy atom. The van der Waals surface area contributed by atoms with Crippen molar-refractivity contribution >= 4 is 11.9 Å². The molecule has 1 aromatic heterocycles. The summed E-state index contributed by atoms with van der Waals surface area (Å²) in [7, 11) is 3.52. The normalized spacial score (nSPS) is 17.7. The molecule has 2 heterocycles. The summed E-state index contributed by atoms with van der Waals surface area (Å²) < 4.78 is 11.7. The Labute approximate surface area is 184 Å². The summed E-state index contributed by atoms with van der Waals surface area (Å²) in [6.07, 6.45) is 8.62. The van der Waals surface area contributed by atoms with Crippen LogP contribution >= 0.6 is 0 Å². The molecule has 1 aliphatic carbocycles. The van der Waals surface area contributed by atoms with Gasteiger partial charge in [0.2, 0.25) is 5.95 Å². The predicted octanol–water partition coefficient (Wildman–Crippen LogP) is 2.70. The second-order valence-corrected chi connectivity index (χ2v) is 7.92. The van der Waals surface area contributed by atoms with Crippen LogP contribution in [0, 0.1) is 0 Å². The van der Waals surface area contributed by atoms with Gasteiger partial charge in [-0.15, -0.1) is 0 Å². The van der Waals surface area contributed by atoms with Crippen LogP contribution in [0.15, 0.2) is 41.7 Å². The van der Waals surface area contributed by atoms with Gasteiger partial charge in [-0.3, -0.25) is 4.99 Å². The van der Waals surface area contributed by atoms with E-state index in [0.717, 1.165) is 68.0 Å². The maximum Gasteiger partial charge on any atom is 0.225 e. The molecule has 8 heteroatoms. The standard InChI is InChI=1S/C23H32N6O2/c1-24-22(28-12-14-29(15-13-28)23-25-10-5-11-26-23)27-17-18-8-9-20(30-2)16-21(18)31-19-6-3-4-7-19/h5,8-11,16,19H,3-4,6-7,12-15,17H2,1-2H3,(H,24,27). The van der Waals surface area contributed by atoms with E-state index in [4.69, 9.17) is 9.47 Å². The van der Waals surface area contributed by atoms with Gasteiger partial charge < -0.3 is 24.6 Å². The lowest BCUT2D eigenvalue weighted by atomic mass is 10.1. The molecule has 2 fully saturated rings. The Hall–Kier alpha value is -3.03. The second kappa shape index (κ2) is 10.3. The van der Waals surface area contributed by atoms with Crippen LogP contribution < -0.4 is 19.7 Å². The molecule has 0 radical (unpaired) electrons. The summed E-state index contributed by atoms with van der Waals surface area (Å²) in [6, 6.07) is 7.90. The van der Waals surface area contributed by atoms with Gasteiger partial charge in [-0.05, 0) is 43.9 Å². The first kappa shape index (κ1) is 21.2. The Kier molecular flexibility index (Phi) is 7.07. The molecule has 1 aromatic carbocycles. The molecule has 2 aromatic rings. The second-order valence-electron chi connectivity index (χ2n) is 7.92. The molecule has 1 N–H and O–H groups in total. The first-order valence-corrected chi connectivity index (χ1v) is 11.1. The van der Waals surface area contributed by atoms with Crippen molar-refractivity contribution in [3.8, 4) is 11.5 Å². The first-order chi connectivity index (χ1) is 15.3. The predicted molar refractivity (Wildman–Crippen MR) is 122 cm³/mol. The molecule has 2 aliphatic rings. The molecule has 166 valence electrons. The van der Waals surface area contributed by atoms with Gasteiger partial charge in [0.15, 0.2) is 5.96 Å². The minimum Gasteiger partial charge on any atom is -0.497 e. The Bertz CT molecular complexity index is 862. The average molecular weight is 425 g/mol. The Morgan fingerprint density at radius 1 is 1.13 bits per heavy atom. The van der Waals surface area contributed by atoms with E-state index in [1.807, 2.05) is 25.2 Å². The summed E-state index contributed by atoms with van der Waals surface area (Å²) in [5.41, 5.74) is 1.12. The lowest BCUT2D eigenvalue weighted by Gasteiger charge is -2.36. The molecule has 0 unspecified atom stereocenters. The van der Waals surface area contributed by atoms with Gasteiger partial charge in [-0.2, -0.15) is 0 Å². The van der Waals surface area contributed by atoms with Crippen LogP contribution in [0.5, 0.6) is 11.5 Å². The molecule has 0 atom stereocenters. The van der Waals surface area contributed by atoms with Gasteiger partial charge in [0.25, 0.3) is 0 Å². The Morgan fingerprint density at radius 3 is 2.55 bits per heavy atom. The highest BCUT2D eigenvalue weighted by Gasteiger charge is 2.22. The van der Waals surface area contributed by atoms with Crippen molar-refractivity contribution in [2.24, 2.45) is 4.99 Å². The lowest BCUT2D eigenvalue weighted by molar-refractivity contribution is 0.207. The number of anilines is 1. The van der Waals surface area contributed by atoms with Crippen LogP contribution in [0.2, 0.25) is 0 Å². The highest BCUT2D eigenvalue weighted by molar-refractivity contribution is 5.80. The highest BCUT2D eigenvalue weighted by atomic mass is 16.5. The van der Waals surface area contributed by atoms with Crippen molar-refractivity contribution in [1.82, 2.24) is 20.2 Å². The number of benzene rings is 1. The fraction of sp³-hybridized carbons (Fsp3) is 0.522. The Balaban J connectivity index is 1.36. The maximum atomic E-state index is 6.33. The van der Waals surface area contributed by atoms with Gasteiger partial charge >= 0.3 is 0 Å². The third-order valence-electron chi connectivity index (χ3n) is 5.93. The third-order valence-corrected chi connectivity index (χ3v) is 5.93. The fourth-order valence-corrected chi connectivity index (χ4v) is 4.18. The van der Waals surface area contributed by atoms with E-state index in [-0.39, 0.29) is 0 Å². The summed E-state index contributed by atoms with van der Waals surface area (Å²) in [5, 5.41) is 3.52. The molecule has 0 bridgehead atoms. The van der Waals surface area contributed by atoms with Gasteiger partial charge in [-0.1, -0.05) is 0 Å². The lowest BCUT2D eigenvalue weighted by Crippen LogP contribution is -2.52. The molecule has 31 heavy (non-hydrogen) atoms. The number of aromatic nitrogens is 2. The monoisotopic (exact) mass is 424 g/mol. The van der Waals surface area contributed by atoms with Crippen LogP contribution in [0.4, 0.5) is 5.95 Å². The summed E-state index contributed by atoms with van der Waals surface area (Å²) >= 11 is 0. The third kappa shape index (κ3) is 5.37. The van der Waals surface area contributed by atoms with Gasteiger partial charge in [-0.25, -0.2) is 9.97 Å². The smallest absolute Gasteiger partial charge is 0.225 e. The quantitative estimate of drug-likeness (QED) is 0.564. The van der Waals surface area contributed by atoms with E-state index >= 15 is 0 Å². The van der Waals surface area contributed by atoms with E-state index in [0.29, 0.717) is 12.6 Å². The fourth-order valence-electron chi connectivity index (χ4n) is 4.18. The number of methoxy groups -OCH3 is 1. The first-order valence-electron chi connectivity index (χ1n) is 11.1. The van der Waals surface area contributed by atoms with Gasteiger partial charge in [0.1, 0.15) is 11.5 Å². The summed E-state index contributed by atoms with van der Waals surface area (Å²) in [6.45, 7) is 4.12. The topological polar surface area (TPSA) is 75.1 Å². The van der Waals surface area contributed by atoms with Crippen LogP contribution in [0.25, 0.3) is 0 Å². The average Bonchev–Trinajstić information content (AvgIpc) is 3.34. The van der Waals surface area contributed by atoms with E-state index in [2.05, 4.69) is 36.1 Å². The zero-order valence-electron chi connectivity index (χ0n) is 18.5. The van der Waals surface area contributed by atoms with Gasteiger partial charge in [0.05, 0.1) is 13.2 Å². The number of hydrogen-bond acceptors (Lipinski definition) is 6. The number of piperazine rings is 1. The molecular weight excluding hydrogens is 392 g/mol. The molecule has 1 aliphatic heterocycles. The molecule has 8 nitrogen and oxygen atoms in total. The number of rotatable bonds is 6. The molecule has 1 saturated heterocycles. The summed E-state index contributed by atoms with van der Waals surface area (Å²) in [4.78, 5) is 17.7. The van der Waals surface area contributed by atoms with E-state index in [1.54, 1.807) is 19.5 Å². The maximum absolute atomic E-state index is 6.33. The molecule has 1 saturated carbocycles. The number of hydrogen-bond donors (Lipinski definition) is 1. The minimum absolute atomic E-state index is 0.304. The van der Waals surface area contributed by atoms with E-state index < -0.39 is 0 Å². The number of nitrogens with zero attached hydrogens (tertiary/aromatic N) is 5.